The van der Waals surface area contributed by atoms with Crippen LogP contribution in [-0.2, 0) is 9.47 Å². The third kappa shape index (κ3) is 5.12. The van der Waals surface area contributed by atoms with Gasteiger partial charge in [-0.15, -0.1) is 0 Å². The maximum absolute atomic E-state index is 12.8. The second-order valence-corrected chi connectivity index (χ2v) is 4.99. The predicted octanol–water partition coefficient (Wildman–Crippen LogP) is 5.41. The van der Waals surface area contributed by atoms with Crippen LogP contribution in [0.5, 0.6) is 0 Å². The van der Waals surface area contributed by atoms with Gasteiger partial charge in [-0.3, -0.25) is 0 Å². The number of rotatable bonds is 8. The molecule has 0 radical (unpaired) electrons. The molecule has 0 fully saturated rings. The molecule has 0 N–H and O–H groups in total. The van der Waals surface area contributed by atoms with Gasteiger partial charge in [0, 0.05) is 10.8 Å². The summed E-state index contributed by atoms with van der Waals surface area (Å²) in [5.41, 5.74) is 0. The van der Waals surface area contributed by atoms with E-state index in [-0.39, 0.29) is 0 Å². The minimum absolute atomic E-state index is 0.797. The van der Waals surface area contributed by atoms with E-state index in [9.17, 15) is 57.1 Å². The zero-order chi connectivity index (χ0) is 19.8. The summed E-state index contributed by atoms with van der Waals surface area (Å²) in [6.07, 6.45) is -36.0. The van der Waals surface area contributed by atoms with Crippen LogP contribution in [0.25, 0.3) is 0 Å². The maximum Gasteiger partial charge on any atom is 0.483 e. The fraction of sp³-hybridized carbons (Fsp3) is 1.00. The molecule has 0 heterocycles. The Kier molecular flexibility index (Phi) is 6.73. The third-order valence-electron chi connectivity index (χ3n) is 2.02. The van der Waals surface area contributed by atoms with E-state index >= 15 is 0 Å². The molecule has 0 saturated carbocycles. The van der Waals surface area contributed by atoms with E-state index in [2.05, 4.69) is 0 Å². The van der Waals surface area contributed by atoms with Gasteiger partial charge >= 0.3 is 36.5 Å². The molecule has 0 aromatic carbocycles. The van der Waals surface area contributed by atoms with Crippen LogP contribution in [-0.4, -0.2) is 41.0 Å². The van der Waals surface area contributed by atoms with E-state index in [1.54, 1.807) is 0 Å². The van der Waals surface area contributed by atoms with Crippen molar-refractivity contribution in [2.45, 2.75) is 43.0 Å². The van der Waals surface area contributed by atoms with Crippen LogP contribution in [0, 0.1) is 0 Å². The largest absolute Gasteiger partial charge is 0.483 e. The quantitative estimate of drug-likeness (QED) is 0.249. The molecule has 146 valence electrons. The molecule has 2 nitrogen and oxygen atoms in total. The Hall–Kier alpha value is -0.260. The van der Waals surface area contributed by atoms with Gasteiger partial charge < -0.3 is 0 Å². The summed E-state index contributed by atoms with van der Waals surface area (Å²) in [7, 11) is 0. The smallest absolute Gasteiger partial charge is 0.243 e. The Morgan fingerprint density at radius 1 is 0.542 bits per heavy atom. The highest BCUT2D eigenvalue weighted by Gasteiger charge is 2.74. The van der Waals surface area contributed by atoms with Crippen LogP contribution in [0.1, 0.15) is 6.42 Å². The summed E-state index contributed by atoms with van der Waals surface area (Å²) >= 11 is 1.08. The van der Waals surface area contributed by atoms with Crippen LogP contribution in [0.3, 0.4) is 0 Å². The average Bonchev–Trinajstić information content (AvgIpc) is 2.23. The molecule has 0 spiro atoms. The van der Waals surface area contributed by atoms with Crippen LogP contribution < -0.4 is 0 Å². The minimum atomic E-state index is -7.03. The third-order valence-corrected chi connectivity index (χ3v) is 2.56. The van der Waals surface area contributed by atoms with Gasteiger partial charge in [0.1, 0.15) is 0 Å². The molecular formula is C8H4F13IO2. The Labute approximate surface area is 137 Å². The summed E-state index contributed by atoms with van der Waals surface area (Å²) in [4.78, 5) is 0. The second kappa shape index (κ2) is 6.81. The first-order valence-corrected chi connectivity index (χ1v) is 6.67. The Bertz CT molecular complexity index is 432. The lowest BCUT2D eigenvalue weighted by molar-refractivity contribution is -0.546. The predicted molar refractivity (Wildman–Crippen MR) is 56.5 cm³/mol. The van der Waals surface area contributed by atoms with Crippen molar-refractivity contribution in [3.05, 3.63) is 0 Å². The first-order valence-electron chi connectivity index (χ1n) is 5.14. The molecular weight excluding hydrogens is 502 g/mol. The highest BCUT2D eigenvalue weighted by molar-refractivity contribution is 14.1. The monoisotopic (exact) mass is 506 g/mol. The van der Waals surface area contributed by atoms with Crippen LogP contribution in [0.15, 0.2) is 0 Å². The lowest BCUT2D eigenvalue weighted by Gasteiger charge is -2.33. The molecule has 0 aromatic heterocycles. The zero-order valence-electron chi connectivity index (χ0n) is 10.5. The van der Waals surface area contributed by atoms with Gasteiger partial charge in [0.25, 0.3) is 0 Å². The average molecular weight is 506 g/mol. The highest BCUT2D eigenvalue weighted by Crippen LogP contribution is 2.49. The van der Waals surface area contributed by atoms with E-state index in [0.717, 1.165) is 22.6 Å². The molecule has 0 bridgehead atoms. The molecule has 0 rings (SSSR count). The van der Waals surface area contributed by atoms with Crippen LogP contribution in [0.2, 0.25) is 0 Å². The molecule has 24 heavy (non-hydrogen) atoms. The van der Waals surface area contributed by atoms with Crippen LogP contribution in [0.4, 0.5) is 57.1 Å². The number of hydrogen-bond acceptors (Lipinski definition) is 2. The Morgan fingerprint density at radius 2 is 0.875 bits per heavy atom. The lowest BCUT2D eigenvalue weighted by atomic mass is 10.2. The first-order chi connectivity index (χ1) is 10.2. The highest BCUT2D eigenvalue weighted by atomic mass is 127. The van der Waals surface area contributed by atoms with Gasteiger partial charge in [-0.2, -0.15) is 57.1 Å². The van der Waals surface area contributed by atoms with Gasteiger partial charge in [-0.05, 0) is 0 Å². The first kappa shape index (κ1) is 23.7. The molecule has 0 aliphatic carbocycles. The van der Waals surface area contributed by atoms with Gasteiger partial charge in [0.05, 0.1) is 0 Å². The topological polar surface area (TPSA) is 18.5 Å². The fourth-order valence-corrected chi connectivity index (χ4v) is 1.51. The van der Waals surface area contributed by atoms with Gasteiger partial charge in [-0.25, -0.2) is 9.47 Å². The zero-order valence-corrected chi connectivity index (χ0v) is 12.7. The fourth-order valence-electron chi connectivity index (χ4n) is 0.838. The molecule has 16 heteroatoms. The van der Waals surface area contributed by atoms with E-state index in [4.69, 9.17) is 0 Å². The molecule has 0 aromatic rings. The normalized spacial score (nSPS) is 15.8. The number of ether oxygens (including phenoxy) is 2. The maximum atomic E-state index is 12.8. The van der Waals surface area contributed by atoms with Crippen molar-refractivity contribution >= 4 is 22.6 Å². The SMILES string of the molecule is FC(F)(F)C(F)(F)OC(F)(F)C(F)(F)OC(F)(F)C(F)(F)CCI. The van der Waals surface area contributed by atoms with Crippen molar-refractivity contribution in [3.8, 4) is 0 Å². The number of alkyl halides is 14. The van der Waals surface area contributed by atoms with Crippen molar-refractivity contribution < 1.29 is 66.5 Å². The summed E-state index contributed by atoms with van der Waals surface area (Å²) in [6, 6.07) is 0. The molecule has 0 atom stereocenters. The van der Waals surface area contributed by atoms with Gasteiger partial charge in [0.2, 0.25) is 0 Å². The number of halogens is 14. The van der Waals surface area contributed by atoms with E-state index < -0.39 is 47.4 Å². The molecule has 0 saturated heterocycles. The van der Waals surface area contributed by atoms with Crippen molar-refractivity contribution in [2.24, 2.45) is 0 Å². The standard InChI is InChI=1S/C8H4F13IO2/c9-3(10,1-2-22)5(14,15)23-7(18,19)8(20,21)24-6(16,17)4(11,12)13/h1-2H2. The van der Waals surface area contributed by atoms with Crippen molar-refractivity contribution in [2.75, 3.05) is 4.43 Å². The number of hydrogen-bond donors (Lipinski definition) is 0. The molecule has 0 amide bonds. The molecule has 0 aliphatic rings. The van der Waals surface area contributed by atoms with Gasteiger partial charge in [-0.1, -0.05) is 22.6 Å². The summed E-state index contributed by atoms with van der Waals surface area (Å²) in [5, 5.41) is 0. The summed E-state index contributed by atoms with van der Waals surface area (Å²) in [5.74, 6) is -5.46. The van der Waals surface area contributed by atoms with Crippen molar-refractivity contribution in [1.82, 2.24) is 0 Å². The molecule has 0 aliphatic heterocycles. The lowest BCUT2D eigenvalue weighted by Crippen LogP contribution is -2.57. The van der Waals surface area contributed by atoms with Gasteiger partial charge in [0.15, 0.2) is 0 Å². The van der Waals surface area contributed by atoms with Crippen molar-refractivity contribution in [3.63, 3.8) is 0 Å². The van der Waals surface area contributed by atoms with E-state index in [0.29, 0.717) is 0 Å². The van der Waals surface area contributed by atoms with Crippen LogP contribution >= 0.6 is 22.6 Å². The Balaban J connectivity index is 5.50. The second-order valence-electron chi connectivity index (χ2n) is 3.91. The van der Waals surface area contributed by atoms with E-state index in [1.807, 2.05) is 4.74 Å². The van der Waals surface area contributed by atoms with E-state index in [1.165, 1.54) is 4.74 Å². The van der Waals surface area contributed by atoms with Crippen molar-refractivity contribution in [1.29, 1.82) is 0 Å². The Morgan fingerprint density at radius 3 is 1.17 bits per heavy atom. The summed E-state index contributed by atoms with van der Waals surface area (Å²) < 4.78 is 164. The molecule has 0 unspecified atom stereocenters. The minimum Gasteiger partial charge on any atom is -0.243 e. The summed E-state index contributed by atoms with van der Waals surface area (Å²) in [6.45, 7) is 0.